The van der Waals surface area contributed by atoms with Gasteiger partial charge in [-0.1, -0.05) is 11.6 Å². The number of aromatic nitrogens is 3. The Kier molecular flexibility index (Phi) is 10.5. The lowest BCUT2D eigenvalue weighted by Gasteiger charge is -2.33. The molecule has 0 bridgehead atoms. The van der Waals surface area contributed by atoms with Crippen molar-refractivity contribution in [2.75, 3.05) is 49.5 Å². The summed E-state index contributed by atoms with van der Waals surface area (Å²) < 4.78 is 13.3. The first-order valence-electron chi connectivity index (χ1n) is 19.2. The van der Waals surface area contributed by atoms with E-state index in [1.54, 1.807) is 37.5 Å². The lowest BCUT2D eigenvalue weighted by molar-refractivity contribution is -0.132. The average molecular weight is 796 g/mol. The molecular formula is C41H42ClN7O8. The summed E-state index contributed by atoms with van der Waals surface area (Å²) in [5, 5.41) is 4.40. The van der Waals surface area contributed by atoms with Crippen molar-refractivity contribution in [1.82, 2.24) is 24.3 Å². The first kappa shape index (κ1) is 38.2. The number of anilines is 3. The summed E-state index contributed by atoms with van der Waals surface area (Å²) in [6, 6.07) is 11.2. The molecule has 2 aromatic carbocycles. The summed E-state index contributed by atoms with van der Waals surface area (Å²) in [7, 11) is 1.66. The molecule has 16 heteroatoms. The molecule has 0 spiro atoms. The zero-order valence-corrected chi connectivity index (χ0v) is 32.4. The second-order valence-electron chi connectivity index (χ2n) is 15.3. The molecule has 8 rings (SSSR count). The van der Waals surface area contributed by atoms with E-state index in [0.29, 0.717) is 39.7 Å². The number of hydrogen-bond acceptors (Lipinski definition) is 13. The number of carbonyl (C=O) groups excluding carboxylic acids is 5. The fraction of sp³-hybridized carbons (Fsp3) is 0.415. The molecule has 5 heterocycles. The normalized spacial score (nSPS) is 20.4. The van der Waals surface area contributed by atoms with Crippen LogP contribution in [0.5, 0.6) is 11.5 Å². The summed E-state index contributed by atoms with van der Waals surface area (Å²) in [5.74, 6) is 0.314. The van der Waals surface area contributed by atoms with Crippen molar-refractivity contribution in [1.29, 1.82) is 0 Å². The van der Waals surface area contributed by atoms with Crippen LogP contribution in [0.4, 0.5) is 17.5 Å². The molecule has 1 N–H and O–H groups in total. The predicted molar refractivity (Wildman–Crippen MR) is 211 cm³/mol. The highest BCUT2D eigenvalue weighted by Crippen LogP contribution is 2.33. The van der Waals surface area contributed by atoms with E-state index in [1.165, 1.54) is 11.5 Å². The highest BCUT2D eigenvalue weighted by molar-refractivity contribution is 6.33. The Balaban J connectivity index is 0.842. The van der Waals surface area contributed by atoms with Gasteiger partial charge in [0.2, 0.25) is 5.95 Å². The molecule has 4 aliphatic rings. The maximum Gasteiger partial charge on any atom is 0.293 e. The molecule has 3 fully saturated rings. The number of amides is 2. The van der Waals surface area contributed by atoms with Crippen LogP contribution < -0.4 is 25.2 Å². The Labute approximate surface area is 332 Å². The number of imide groups is 1. The van der Waals surface area contributed by atoms with E-state index >= 15 is 0 Å². The lowest BCUT2D eigenvalue weighted by atomic mass is 9.92. The van der Waals surface area contributed by atoms with Gasteiger partial charge in [-0.3, -0.25) is 33.7 Å². The van der Waals surface area contributed by atoms with Crippen LogP contribution in [0.3, 0.4) is 0 Å². The van der Waals surface area contributed by atoms with Crippen LogP contribution in [-0.4, -0.2) is 105 Å². The maximum absolute atomic E-state index is 13.3. The Morgan fingerprint density at radius 2 is 1.74 bits per heavy atom. The standard InChI is InChI=1S/C41H42ClN7O8/c1-23(50)22-56-36-16-25-15-26(3-7-33(25)46(2)40(36)55)44-37-32(42)19-43-41(45-37)48-14-9-24(21-48)20-47-12-10-28(11-13-47)57-29-5-6-30-31(18-29)39(54)49(38(30)53)34-8-4-27(51)17-35(34)52/h3,5-7,15-16,18-19,24,28,34H,4,8-14,17,20-22H2,1-2H3,(H,43,44,45). The number of nitrogens with one attached hydrogen (secondary N) is 1. The summed E-state index contributed by atoms with van der Waals surface area (Å²) >= 11 is 6.54. The molecule has 2 atom stereocenters. The number of ether oxygens (including phenoxy) is 2. The van der Waals surface area contributed by atoms with Crippen LogP contribution in [0.1, 0.15) is 66.2 Å². The van der Waals surface area contributed by atoms with Crippen LogP contribution in [-0.2, 0) is 21.4 Å². The molecule has 3 aliphatic heterocycles. The van der Waals surface area contributed by atoms with E-state index in [4.69, 9.17) is 26.1 Å². The average Bonchev–Trinajstić information content (AvgIpc) is 3.75. The number of carbonyl (C=O) groups is 5. The van der Waals surface area contributed by atoms with Gasteiger partial charge in [0.25, 0.3) is 17.4 Å². The van der Waals surface area contributed by atoms with Crippen molar-refractivity contribution in [3.63, 3.8) is 0 Å². The van der Waals surface area contributed by atoms with E-state index in [1.807, 2.05) is 18.2 Å². The van der Waals surface area contributed by atoms with Gasteiger partial charge in [0.15, 0.2) is 23.1 Å². The topological polar surface area (TPSA) is 173 Å². The summed E-state index contributed by atoms with van der Waals surface area (Å²) in [6.45, 7) is 5.46. The zero-order valence-electron chi connectivity index (χ0n) is 31.7. The number of halogens is 1. The smallest absolute Gasteiger partial charge is 0.293 e. The van der Waals surface area contributed by atoms with Crippen LogP contribution >= 0.6 is 11.6 Å². The first-order chi connectivity index (χ1) is 27.4. The second-order valence-corrected chi connectivity index (χ2v) is 15.7. The minimum absolute atomic E-state index is 0.0429. The monoisotopic (exact) mass is 795 g/mol. The fourth-order valence-corrected chi connectivity index (χ4v) is 8.34. The number of fused-ring (bicyclic) bond motifs is 2. The highest BCUT2D eigenvalue weighted by atomic mass is 35.5. The molecule has 2 amide bonds. The van der Waals surface area contributed by atoms with Gasteiger partial charge in [0.1, 0.15) is 29.3 Å². The van der Waals surface area contributed by atoms with Crippen LogP contribution in [0, 0.1) is 5.92 Å². The van der Waals surface area contributed by atoms with E-state index < -0.39 is 17.9 Å². The van der Waals surface area contributed by atoms with E-state index in [2.05, 4.69) is 20.1 Å². The molecule has 4 aromatic rings. The SMILES string of the molecule is CC(=O)COc1cc2cc(Nc3nc(N4CCC(CN5CCC(Oc6ccc7c(c6)C(=O)N(C6CCC(=O)CC6=O)C7=O)CC5)C4)ncc3Cl)ccc2n(C)c1=O. The van der Waals surface area contributed by atoms with Gasteiger partial charge in [-0.05, 0) is 81.0 Å². The number of aryl methyl sites for hydroxylation is 1. The third kappa shape index (κ3) is 7.86. The number of nitrogens with zero attached hydrogens (tertiary/aromatic N) is 6. The Bertz CT molecular complexity index is 2380. The molecule has 296 valence electrons. The Morgan fingerprint density at radius 3 is 2.51 bits per heavy atom. The predicted octanol–water partition coefficient (Wildman–Crippen LogP) is 4.35. The third-order valence-electron chi connectivity index (χ3n) is 11.2. The number of ketones is 3. The van der Waals surface area contributed by atoms with Gasteiger partial charge in [-0.2, -0.15) is 4.98 Å². The van der Waals surface area contributed by atoms with Gasteiger partial charge in [0.05, 0.1) is 35.3 Å². The van der Waals surface area contributed by atoms with Crippen molar-refractivity contribution in [2.24, 2.45) is 13.0 Å². The van der Waals surface area contributed by atoms with Gasteiger partial charge in [0, 0.05) is 57.3 Å². The molecule has 1 saturated carbocycles. The van der Waals surface area contributed by atoms with Crippen molar-refractivity contribution in [3.8, 4) is 11.5 Å². The number of rotatable bonds is 11. The molecule has 2 unspecified atom stereocenters. The van der Waals surface area contributed by atoms with Crippen molar-refractivity contribution in [2.45, 2.75) is 57.6 Å². The molecule has 0 radical (unpaired) electrons. The number of hydrogen-bond donors (Lipinski definition) is 1. The lowest BCUT2D eigenvalue weighted by Crippen LogP contribution is -2.47. The van der Waals surface area contributed by atoms with E-state index in [-0.39, 0.29) is 71.8 Å². The molecule has 15 nitrogen and oxygen atoms in total. The van der Waals surface area contributed by atoms with Crippen molar-refractivity contribution >= 4 is 69.1 Å². The van der Waals surface area contributed by atoms with Crippen LogP contribution in [0.25, 0.3) is 10.9 Å². The first-order valence-corrected chi connectivity index (χ1v) is 19.6. The number of Topliss-reactive ketones (excluding diaryl/α,β-unsaturated/α-hetero) is 3. The Hall–Kier alpha value is -5.67. The van der Waals surface area contributed by atoms with Crippen LogP contribution in [0.2, 0.25) is 5.02 Å². The number of pyridine rings is 1. The second kappa shape index (κ2) is 15.7. The van der Waals surface area contributed by atoms with Gasteiger partial charge in [-0.25, -0.2) is 4.98 Å². The largest absolute Gasteiger partial charge is 0.490 e. The van der Waals surface area contributed by atoms with Crippen molar-refractivity contribution in [3.05, 3.63) is 75.2 Å². The van der Waals surface area contributed by atoms with Gasteiger partial charge >= 0.3 is 0 Å². The molecule has 57 heavy (non-hydrogen) atoms. The minimum Gasteiger partial charge on any atom is -0.490 e. The Morgan fingerprint density at radius 1 is 0.947 bits per heavy atom. The summed E-state index contributed by atoms with van der Waals surface area (Å²) in [5.41, 5.74) is 1.56. The summed E-state index contributed by atoms with van der Waals surface area (Å²) in [6.07, 6.45) is 4.26. The zero-order chi connectivity index (χ0) is 40.0. The van der Waals surface area contributed by atoms with Gasteiger partial charge < -0.3 is 29.2 Å². The summed E-state index contributed by atoms with van der Waals surface area (Å²) in [4.78, 5) is 89.7. The molecular weight excluding hydrogens is 754 g/mol. The van der Waals surface area contributed by atoms with Crippen molar-refractivity contribution < 1.29 is 33.4 Å². The molecule has 2 saturated heterocycles. The quantitative estimate of drug-likeness (QED) is 0.168. The number of benzene rings is 2. The fourth-order valence-electron chi connectivity index (χ4n) is 8.21. The molecule has 2 aromatic heterocycles. The number of likely N-dealkylation sites (tertiary alicyclic amines) is 1. The third-order valence-corrected chi connectivity index (χ3v) is 11.5. The van der Waals surface area contributed by atoms with E-state index in [9.17, 15) is 28.8 Å². The minimum atomic E-state index is -0.900. The van der Waals surface area contributed by atoms with Crippen LogP contribution in [0.15, 0.2) is 53.5 Å². The number of piperidine rings is 1. The highest BCUT2D eigenvalue weighted by Gasteiger charge is 2.44. The van der Waals surface area contributed by atoms with E-state index in [0.717, 1.165) is 62.3 Å². The molecule has 1 aliphatic carbocycles. The van der Waals surface area contributed by atoms with Gasteiger partial charge in [-0.15, -0.1) is 0 Å². The maximum atomic E-state index is 13.3.